The van der Waals surface area contributed by atoms with Gasteiger partial charge in [0.25, 0.3) is 5.91 Å². The summed E-state index contributed by atoms with van der Waals surface area (Å²) >= 11 is 0. The molecule has 6 nitrogen and oxygen atoms in total. The van der Waals surface area contributed by atoms with Crippen LogP contribution in [-0.4, -0.2) is 52.7 Å². The van der Waals surface area contributed by atoms with Crippen LogP contribution in [0.15, 0.2) is 36.5 Å². The van der Waals surface area contributed by atoms with Crippen molar-refractivity contribution < 1.29 is 14.0 Å². The summed E-state index contributed by atoms with van der Waals surface area (Å²) in [5.74, 6) is -0.769. The number of benzene rings is 1. The second kappa shape index (κ2) is 6.96. The molecule has 2 aromatic rings. The van der Waals surface area contributed by atoms with Crippen molar-refractivity contribution in [2.45, 2.75) is 25.6 Å². The van der Waals surface area contributed by atoms with Crippen molar-refractivity contribution in [1.29, 1.82) is 5.41 Å². The maximum Gasteiger partial charge on any atom is 0.252 e. The van der Waals surface area contributed by atoms with E-state index >= 15 is 0 Å². The average Bonchev–Trinajstić information content (AvgIpc) is 3.01. The number of nitrogens with zero attached hydrogens (tertiary/aromatic N) is 2. The summed E-state index contributed by atoms with van der Waals surface area (Å²) in [7, 11) is 0. The summed E-state index contributed by atoms with van der Waals surface area (Å²) in [4.78, 5) is 30.3. The minimum atomic E-state index is -1.13. The molecule has 0 bridgehead atoms. The van der Waals surface area contributed by atoms with Crippen LogP contribution in [0.4, 0.5) is 4.39 Å². The molecule has 2 amide bonds. The van der Waals surface area contributed by atoms with Gasteiger partial charge in [-0.05, 0) is 19.1 Å². The number of fused-ring (bicyclic) bond motifs is 1. The van der Waals surface area contributed by atoms with Crippen LogP contribution in [0, 0.1) is 5.41 Å². The smallest absolute Gasteiger partial charge is 0.252 e. The predicted molar refractivity (Wildman–Crippen MR) is 92.5 cm³/mol. The van der Waals surface area contributed by atoms with Crippen LogP contribution in [0.5, 0.6) is 0 Å². The van der Waals surface area contributed by atoms with Crippen molar-refractivity contribution in [2.75, 3.05) is 13.1 Å². The third kappa shape index (κ3) is 3.50. The Morgan fingerprint density at radius 1 is 1.36 bits per heavy atom. The maximum absolute atomic E-state index is 13.6. The van der Waals surface area contributed by atoms with E-state index in [2.05, 4.69) is 10.3 Å². The van der Waals surface area contributed by atoms with Gasteiger partial charge in [0.2, 0.25) is 5.91 Å². The van der Waals surface area contributed by atoms with Gasteiger partial charge in [0.15, 0.2) is 0 Å². The Bertz CT molecular complexity index is 833. The number of carbonyl (C=O) groups is 2. The minimum Gasteiger partial charge on any atom is -0.343 e. The highest BCUT2D eigenvalue weighted by Gasteiger charge is 2.36. The van der Waals surface area contributed by atoms with Gasteiger partial charge in [-0.15, -0.1) is 0 Å². The fourth-order valence-corrected chi connectivity index (χ4v) is 3.12. The Kier molecular flexibility index (Phi) is 4.74. The van der Waals surface area contributed by atoms with E-state index in [1.165, 1.54) is 4.90 Å². The molecule has 1 unspecified atom stereocenters. The van der Waals surface area contributed by atoms with Crippen molar-refractivity contribution in [3.8, 4) is 0 Å². The van der Waals surface area contributed by atoms with E-state index in [1.54, 1.807) is 31.3 Å². The number of nitrogens with one attached hydrogen (secondary N) is 2. The van der Waals surface area contributed by atoms with Gasteiger partial charge in [0, 0.05) is 23.7 Å². The van der Waals surface area contributed by atoms with Crippen molar-refractivity contribution >= 4 is 28.4 Å². The first kappa shape index (κ1) is 17.0. The Balaban J connectivity index is 1.69. The minimum absolute atomic E-state index is 0.0340. The van der Waals surface area contributed by atoms with E-state index in [1.807, 2.05) is 12.1 Å². The Morgan fingerprint density at radius 2 is 2.12 bits per heavy atom. The lowest BCUT2D eigenvalue weighted by Crippen LogP contribution is -2.45. The molecule has 130 valence electrons. The third-order valence-corrected chi connectivity index (χ3v) is 4.36. The monoisotopic (exact) mass is 342 g/mol. The lowest BCUT2D eigenvalue weighted by molar-refractivity contribution is -0.130. The second-order valence-corrected chi connectivity index (χ2v) is 6.14. The van der Waals surface area contributed by atoms with Gasteiger partial charge in [-0.3, -0.25) is 14.6 Å². The number of likely N-dealkylation sites (tertiary alicyclic amines) is 1. The molecule has 0 saturated carbocycles. The third-order valence-electron chi connectivity index (χ3n) is 4.36. The van der Waals surface area contributed by atoms with Crippen LogP contribution in [0.3, 0.4) is 0 Å². The zero-order valence-corrected chi connectivity index (χ0v) is 13.8. The normalized spacial score (nSPS) is 19.8. The molecule has 1 aliphatic rings. The van der Waals surface area contributed by atoms with Crippen molar-refractivity contribution in [2.24, 2.45) is 0 Å². The van der Waals surface area contributed by atoms with Crippen LogP contribution in [0.2, 0.25) is 0 Å². The molecule has 25 heavy (non-hydrogen) atoms. The number of alkyl halides is 1. The zero-order valence-electron chi connectivity index (χ0n) is 13.8. The molecule has 0 aliphatic carbocycles. The molecule has 0 radical (unpaired) electrons. The Hall–Kier alpha value is -2.83. The number of para-hydroxylation sites is 1. The molecule has 1 aliphatic heterocycles. The van der Waals surface area contributed by atoms with Crippen molar-refractivity contribution in [3.05, 3.63) is 42.1 Å². The average molecular weight is 342 g/mol. The van der Waals surface area contributed by atoms with Crippen molar-refractivity contribution in [3.63, 3.8) is 0 Å². The predicted octanol–water partition coefficient (Wildman–Crippen LogP) is 1.94. The number of carbonyl (C=O) groups excluding carboxylic acids is 2. The first-order valence-electron chi connectivity index (χ1n) is 8.08. The van der Waals surface area contributed by atoms with E-state index in [0.29, 0.717) is 16.5 Å². The van der Waals surface area contributed by atoms with Gasteiger partial charge in [0.1, 0.15) is 6.17 Å². The topological polar surface area (TPSA) is 86.2 Å². The Labute approximate surface area is 144 Å². The lowest BCUT2D eigenvalue weighted by Gasteiger charge is -2.23. The molecule has 3 rings (SSSR count). The van der Waals surface area contributed by atoms with Crippen LogP contribution < -0.4 is 5.32 Å². The molecule has 2 N–H and O–H groups in total. The van der Waals surface area contributed by atoms with Gasteiger partial charge in [-0.2, -0.15) is 0 Å². The number of aromatic nitrogens is 1. The summed E-state index contributed by atoms with van der Waals surface area (Å²) in [6, 6.07) is 8.32. The summed E-state index contributed by atoms with van der Waals surface area (Å²) in [6.07, 6.45) is 0.556. The van der Waals surface area contributed by atoms with Crippen molar-refractivity contribution in [1.82, 2.24) is 15.2 Å². The van der Waals surface area contributed by atoms with E-state index in [-0.39, 0.29) is 37.0 Å². The molecule has 1 aromatic carbocycles. The summed E-state index contributed by atoms with van der Waals surface area (Å²) < 4.78 is 13.6. The first-order valence-corrected chi connectivity index (χ1v) is 8.08. The summed E-state index contributed by atoms with van der Waals surface area (Å²) in [5.41, 5.74) is 1.38. The fourth-order valence-electron chi connectivity index (χ4n) is 3.12. The van der Waals surface area contributed by atoms with E-state index in [4.69, 9.17) is 5.41 Å². The fraction of sp³-hybridized carbons (Fsp3) is 0.333. The highest BCUT2D eigenvalue weighted by Crippen LogP contribution is 2.21. The first-order chi connectivity index (χ1) is 12.0. The zero-order chi connectivity index (χ0) is 18.0. The number of rotatable bonds is 4. The number of pyridine rings is 1. The van der Waals surface area contributed by atoms with Gasteiger partial charge in [0.05, 0.1) is 30.2 Å². The molecule has 1 saturated heterocycles. The largest absolute Gasteiger partial charge is 0.343 e. The molecule has 7 heteroatoms. The van der Waals surface area contributed by atoms with Gasteiger partial charge in [-0.1, -0.05) is 18.2 Å². The standard InChI is InChI=1S/C18H19FN4O2/c1-11(20)16-8-12(19)10-23(16)17(24)9-22-18(25)14-6-7-21-15-5-3-2-4-13(14)15/h2-7,12,16,20H,8-10H2,1H3,(H,22,25)/t12?,16-/m0/s1. The van der Waals surface area contributed by atoms with Gasteiger partial charge in [-0.25, -0.2) is 4.39 Å². The molecular weight excluding hydrogens is 323 g/mol. The highest BCUT2D eigenvalue weighted by atomic mass is 19.1. The number of halogens is 1. The van der Waals surface area contributed by atoms with Crippen LogP contribution in [-0.2, 0) is 4.79 Å². The molecule has 2 atom stereocenters. The van der Waals surface area contributed by atoms with E-state index in [0.717, 1.165) is 0 Å². The number of amides is 2. The van der Waals surface area contributed by atoms with Gasteiger partial charge < -0.3 is 15.6 Å². The molecule has 2 heterocycles. The Morgan fingerprint density at radius 3 is 2.88 bits per heavy atom. The maximum atomic E-state index is 13.6. The SMILES string of the molecule is CC(=N)[C@@H]1CC(F)CN1C(=O)CNC(=O)c1ccnc2ccccc12. The number of hydrogen-bond donors (Lipinski definition) is 2. The van der Waals surface area contributed by atoms with Crippen LogP contribution in [0.25, 0.3) is 10.9 Å². The molecule has 0 spiro atoms. The van der Waals surface area contributed by atoms with E-state index < -0.39 is 12.2 Å². The summed E-state index contributed by atoms with van der Waals surface area (Å²) in [5, 5.41) is 11.0. The van der Waals surface area contributed by atoms with Gasteiger partial charge >= 0.3 is 0 Å². The van der Waals surface area contributed by atoms with Crippen LogP contribution >= 0.6 is 0 Å². The molecular formula is C18H19FN4O2. The second-order valence-electron chi connectivity index (χ2n) is 6.14. The summed E-state index contributed by atoms with van der Waals surface area (Å²) in [6.45, 7) is 1.30. The molecule has 1 fully saturated rings. The van der Waals surface area contributed by atoms with Crippen LogP contribution in [0.1, 0.15) is 23.7 Å². The quantitative estimate of drug-likeness (QED) is 0.833. The van der Waals surface area contributed by atoms with E-state index in [9.17, 15) is 14.0 Å². The lowest BCUT2D eigenvalue weighted by atomic mass is 10.1. The molecule has 1 aromatic heterocycles. The highest BCUT2D eigenvalue weighted by molar-refractivity contribution is 6.06. The number of hydrogen-bond acceptors (Lipinski definition) is 4.